The molecule has 1 N–H and O–H groups in total. The molecule has 0 saturated carbocycles. The van der Waals surface area contributed by atoms with E-state index in [1.165, 1.54) is 6.92 Å². The molecule has 22 heavy (non-hydrogen) atoms. The molecular formula is C13H10F8O. The van der Waals surface area contributed by atoms with E-state index in [-0.39, 0.29) is 11.1 Å². The highest BCUT2D eigenvalue weighted by atomic mass is 19.4. The fraction of sp³-hybridized carbons (Fsp3) is 0.385. The van der Waals surface area contributed by atoms with E-state index < -0.39 is 29.4 Å². The second-order valence-corrected chi connectivity index (χ2v) is 4.64. The van der Waals surface area contributed by atoms with Gasteiger partial charge in [-0.1, -0.05) is 30.4 Å². The van der Waals surface area contributed by atoms with E-state index in [1.54, 1.807) is 0 Å². The maximum Gasteiger partial charge on any atom is 0.457 e. The second-order valence-electron chi connectivity index (χ2n) is 4.64. The molecule has 0 amide bonds. The third-order valence-corrected chi connectivity index (χ3v) is 2.99. The van der Waals surface area contributed by atoms with Crippen molar-refractivity contribution in [1.82, 2.24) is 0 Å². The average molecular weight is 334 g/mol. The number of hydrogen-bond acceptors (Lipinski definition) is 1. The topological polar surface area (TPSA) is 20.2 Å². The van der Waals surface area contributed by atoms with Crippen LogP contribution in [0, 0.1) is 0 Å². The summed E-state index contributed by atoms with van der Waals surface area (Å²) in [7, 11) is 0. The molecule has 9 heteroatoms. The van der Waals surface area contributed by atoms with E-state index in [0.29, 0.717) is 12.1 Å². The molecule has 1 aromatic rings. The van der Waals surface area contributed by atoms with Crippen molar-refractivity contribution in [3.8, 4) is 0 Å². The summed E-state index contributed by atoms with van der Waals surface area (Å²) in [4.78, 5) is 0. The largest absolute Gasteiger partial charge is 0.457 e. The second kappa shape index (κ2) is 5.22. The number of hydrogen-bond donors (Lipinski definition) is 1. The molecule has 1 atom stereocenters. The molecule has 0 bridgehead atoms. The molecule has 124 valence electrons. The summed E-state index contributed by atoms with van der Waals surface area (Å²) < 4.78 is 103. The Labute approximate surface area is 119 Å². The van der Waals surface area contributed by atoms with Crippen LogP contribution in [0.4, 0.5) is 35.1 Å². The Kier molecular flexibility index (Phi) is 4.37. The number of rotatable bonds is 3. The van der Waals surface area contributed by atoms with Gasteiger partial charge in [0.15, 0.2) is 0 Å². The number of alkyl halides is 8. The van der Waals surface area contributed by atoms with Crippen LogP contribution in [0.5, 0.6) is 0 Å². The Balaban J connectivity index is 3.69. The molecule has 0 fully saturated rings. The van der Waals surface area contributed by atoms with Gasteiger partial charge in [0.25, 0.3) is 5.60 Å². The van der Waals surface area contributed by atoms with Crippen LogP contribution in [0.15, 0.2) is 30.8 Å². The first-order valence-electron chi connectivity index (χ1n) is 5.66. The highest BCUT2D eigenvalue weighted by Gasteiger charge is 2.80. The lowest BCUT2D eigenvalue weighted by molar-refractivity contribution is -0.409. The number of benzene rings is 1. The van der Waals surface area contributed by atoms with Crippen molar-refractivity contribution in [2.24, 2.45) is 0 Å². The predicted octanol–water partition coefficient (Wildman–Crippen LogP) is 4.67. The summed E-state index contributed by atoms with van der Waals surface area (Å²) in [6.45, 7) is 4.66. The van der Waals surface area contributed by atoms with E-state index >= 15 is 0 Å². The van der Waals surface area contributed by atoms with E-state index in [0.717, 1.165) is 12.1 Å². The zero-order chi connectivity index (χ0) is 17.6. The maximum absolute atomic E-state index is 13.4. The molecular weight excluding hydrogens is 324 g/mol. The van der Waals surface area contributed by atoms with Crippen LogP contribution < -0.4 is 0 Å². The first-order chi connectivity index (χ1) is 9.66. The molecule has 1 unspecified atom stereocenters. The molecule has 0 heterocycles. The quantitative estimate of drug-likeness (QED) is 0.797. The van der Waals surface area contributed by atoms with Crippen LogP contribution in [0.3, 0.4) is 0 Å². The third kappa shape index (κ3) is 2.69. The van der Waals surface area contributed by atoms with Crippen molar-refractivity contribution >= 4 is 5.57 Å². The lowest BCUT2D eigenvalue weighted by Crippen LogP contribution is -2.62. The summed E-state index contributed by atoms with van der Waals surface area (Å²) in [5.41, 5.74) is -7.02. The molecule has 0 radical (unpaired) electrons. The Hall–Kier alpha value is -1.64. The van der Waals surface area contributed by atoms with Gasteiger partial charge in [-0.25, -0.2) is 0 Å². The highest BCUT2D eigenvalue weighted by molar-refractivity contribution is 5.62. The van der Waals surface area contributed by atoms with Gasteiger partial charge in [0, 0.05) is 0 Å². The summed E-state index contributed by atoms with van der Waals surface area (Å²) in [5, 5.41) is 9.36. The Morgan fingerprint density at radius 1 is 0.955 bits per heavy atom. The van der Waals surface area contributed by atoms with Gasteiger partial charge in [0.1, 0.15) is 0 Å². The summed E-state index contributed by atoms with van der Waals surface area (Å²) in [5.74, 6) is -6.44. The molecule has 0 aliphatic carbocycles. The van der Waals surface area contributed by atoms with Gasteiger partial charge in [-0.2, -0.15) is 35.1 Å². The van der Waals surface area contributed by atoms with Gasteiger partial charge in [0.2, 0.25) is 0 Å². The van der Waals surface area contributed by atoms with Crippen LogP contribution in [0.25, 0.3) is 5.57 Å². The lowest BCUT2D eigenvalue weighted by atomic mass is 9.84. The van der Waals surface area contributed by atoms with E-state index in [1.807, 2.05) is 0 Å². The minimum absolute atomic E-state index is 0.113. The first kappa shape index (κ1) is 18.4. The van der Waals surface area contributed by atoms with Crippen molar-refractivity contribution in [3.05, 3.63) is 42.0 Å². The Morgan fingerprint density at radius 3 is 1.82 bits per heavy atom. The zero-order valence-electron chi connectivity index (χ0n) is 11.0. The fourth-order valence-electron chi connectivity index (χ4n) is 1.74. The van der Waals surface area contributed by atoms with Crippen LogP contribution in [-0.2, 0) is 5.60 Å². The van der Waals surface area contributed by atoms with Crippen molar-refractivity contribution in [1.29, 1.82) is 0 Å². The number of halogens is 8. The molecule has 0 aliphatic heterocycles. The van der Waals surface area contributed by atoms with E-state index in [9.17, 15) is 40.2 Å². The SMILES string of the molecule is C=C(C)c1cccc(C(O)(C(F)(F)F)C(F)(F)C(F)(F)F)c1. The van der Waals surface area contributed by atoms with Gasteiger partial charge >= 0.3 is 18.3 Å². The Morgan fingerprint density at radius 2 is 1.45 bits per heavy atom. The van der Waals surface area contributed by atoms with E-state index in [4.69, 9.17) is 0 Å². The van der Waals surface area contributed by atoms with Crippen molar-refractivity contribution < 1.29 is 40.2 Å². The minimum Gasteiger partial charge on any atom is -0.371 e. The highest BCUT2D eigenvalue weighted by Crippen LogP contribution is 2.55. The maximum atomic E-state index is 13.4. The molecule has 0 spiro atoms. The van der Waals surface area contributed by atoms with Crippen LogP contribution in [0.2, 0.25) is 0 Å². The number of aliphatic hydroxyl groups is 1. The average Bonchev–Trinajstić information content (AvgIpc) is 2.34. The molecule has 0 aliphatic rings. The summed E-state index contributed by atoms with van der Waals surface area (Å²) in [6.07, 6.45) is -12.9. The van der Waals surface area contributed by atoms with Crippen LogP contribution >= 0.6 is 0 Å². The van der Waals surface area contributed by atoms with Gasteiger partial charge in [-0.05, 0) is 24.1 Å². The van der Waals surface area contributed by atoms with E-state index in [2.05, 4.69) is 6.58 Å². The normalized spacial score (nSPS) is 16.3. The standard InChI is InChI=1S/C13H10F8O/c1-7(2)8-4-3-5-9(6-8)10(22,12(16,17)18)11(14,15)13(19,20)21/h3-6,22H,1H2,2H3. The van der Waals surface area contributed by atoms with Gasteiger partial charge < -0.3 is 5.11 Å². The summed E-state index contributed by atoms with van der Waals surface area (Å²) >= 11 is 0. The monoisotopic (exact) mass is 334 g/mol. The molecule has 0 saturated heterocycles. The lowest BCUT2D eigenvalue weighted by Gasteiger charge is -2.38. The predicted molar refractivity (Wildman–Crippen MR) is 62.1 cm³/mol. The van der Waals surface area contributed by atoms with Crippen LogP contribution in [0.1, 0.15) is 18.1 Å². The first-order valence-corrected chi connectivity index (χ1v) is 5.66. The van der Waals surface area contributed by atoms with Crippen LogP contribution in [-0.4, -0.2) is 23.4 Å². The van der Waals surface area contributed by atoms with Crippen molar-refractivity contribution in [3.63, 3.8) is 0 Å². The smallest absolute Gasteiger partial charge is 0.371 e. The van der Waals surface area contributed by atoms with Gasteiger partial charge in [-0.15, -0.1) is 0 Å². The van der Waals surface area contributed by atoms with Gasteiger partial charge in [-0.3, -0.25) is 0 Å². The fourth-order valence-corrected chi connectivity index (χ4v) is 1.74. The number of allylic oxidation sites excluding steroid dienone is 1. The third-order valence-electron chi connectivity index (χ3n) is 2.99. The molecule has 1 aromatic carbocycles. The minimum atomic E-state index is -6.60. The molecule has 0 aromatic heterocycles. The van der Waals surface area contributed by atoms with Crippen molar-refractivity contribution in [2.75, 3.05) is 0 Å². The van der Waals surface area contributed by atoms with Crippen molar-refractivity contribution in [2.45, 2.75) is 30.8 Å². The van der Waals surface area contributed by atoms with Gasteiger partial charge in [0.05, 0.1) is 0 Å². The summed E-state index contributed by atoms with van der Waals surface area (Å²) in [6, 6.07) is 2.73. The molecule has 1 rings (SSSR count). The Bertz CT molecular complexity index is 572. The molecule has 1 nitrogen and oxygen atoms in total. The zero-order valence-corrected chi connectivity index (χ0v) is 11.0.